The van der Waals surface area contributed by atoms with Crippen molar-refractivity contribution in [2.24, 2.45) is 0 Å². The molecule has 3 N–H and O–H groups in total. The Kier molecular flexibility index (Phi) is 4.75. The van der Waals surface area contributed by atoms with Crippen molar-refractivity contribution >= 4 is 23.2 Å². The molecule has 22 heavy (non-hydrogen) atoms. The van der Waals surface area contributed by atoms with Crippen molar-refractivity contribution < 1.29 is 9.72 Å². The zero-order valence-electron chi connectivity index (χ0n) is 11.6. The molecule has 0 aliphatic carbocycles. The van der Waals surface area contributed by atoms with Crippen LogP contribution in [0.3, 0.4) is 0 Å². The van der Waals surface area contributed by atoms with Crippen molar-refractivity contribution in [2.45, 2.75) is 6.92 Å². The normalized spacial score (nSPS) is 9.86. The second kappa shape index (κ2) is 6.92. The smallest absolute Gasteiger partial charge is 0.354 e. The van der Waals surface area contributed by atoms with Crippen LogP contribution in [-0.2, 0) is 0 Å². The van der Waals surface area contributed by atoms with Crippen molar-refractivity contribution in [2.75, 3.05) is 17.3 Å². The first kappa shape index (κ1) is 15.1. The Labute approximate surface area is 125 Å². The number of hydrogen-bond acceptors (Lipinski definition) is 8. The standard InChI is InChI=1S/C12H13N7O3/c1-2-14-10-9(19(21)22)11(16-7-15-10)17-18-12(20)8-3-5-13-6-4-8/h3-7H,2H2,1H3,(H,18,20)(H2,14,15,16,17). The molecule has 0 atom stereocenters. The van der Waals surface area contributed by atoms with Gasteiger partial charge >= 0.3 is 5.69 Å². The van der Waals surface area contributed by atoms with E-state index in [4.69, 9.17) is 0 Å². The molecule has 2 aromatic rings. The summed E-state index contributed by atoms with van der Waals surface area (Å²) in [6.45, 7) is 2.24. The van der Waals surface area contributed by atoms with Gasteiger partial charge in [0.25, 0.3) is 5.91 Å². The fourth-order valence-electron chi connectivity index (χ4n) is 1.63. The first-order valence-electron chi connectivity index (χ1n) is 6.33. The van der Waals surface area contributed by atoms with E-state index in [2.05, 4.69) is 31.1 Å². The fraction of sp³-hybridized carbons (Fsp3) is 0.167. The maximum Gasteiger partial charge on any atom is 0.354 e. The summed E-state index contributed by atoms with van der Waals surface area (Å²) in [6, 6.07) is 3.02. The minimum Gasteiger partial charge on any atom is -0.364 e. The van der Waals surface area contributed by atoms with E-state index in [-0.39, 0.29) is 17.3 Å². The topological polar surface area (TPSA) is 135 Å². The molecule has 10 nitrogen and oxygen atoms in total. The number of carbonyl (C=O) groups is 1. The molecule has 2 heterocycles. The predicted molar refractivity (Wildman–Crippen MR) is 78.2 cm³/mol. The van der Waals surface area contributed by atoms with Crippen LogP contribution in [0.5, 0.6) is 0 Å². The van der Waals surface area contributed by atoms with Gasteiger partial charge in [-0.05, 0) is 19.1 Å². The quantitative estimate of drug-likeness (QED) is 0.530. The molecule has 10 heteroatoms. The summed E-state index contributed by atoms with van der Waals surface area (Å²) >= 11 is 0. The van der Waals surface area contributed by atoms with Gasteiger partial charge in [0.2, 0.25) is 11.6 Å². The summed E-state index contributed by atoms with van der Waals surface area (Å²) in [7, 11) is 0. The predicted octanol–water partition coefficient (Wildman–Crippen LogP) is 0.968. The number of rotatable bonds is 6. The van der Waals surface area contributed by atoms with Crippen molar-refractivity contribution in [3.8, 4) is 0 Å². The number of hydrazine groups is 1. The zero-order valence-corrected chi connectivity index (χ0v) is 11.6. The molecule has 1 amide bonds. The minimum atomic E-state index is -0.626. The van der Waals surface area contributed by atoms with E-state index in [9.17, 15) is 14.9 Å². The third kappa shape index (κ3) is 3.42. The van der Waals surface area contributed by atoms with E-state index in [0.717, 1.165) is 6.33 Å². The summed E-state index contributed by atoms with van der Waals surface area (Å²) in [6.07, 6.45) is 4.09. The van der Waals surface area contributed by atoms with Gasteiger partial charge in [-0.25, -0.2) is 9.97 Å². The average Bonchev–Trinajstić information content (AvgIpc) is 2.53. The highest BCUT2D eigenvalue weighted by Crippen LogP contribution is 2.27. The number of amides is 1. The number of nitro groups is 1. The number of nitrogens with zero attached hydrogens (tertiary/aromatic N) is 4. The van der Waals surface area contributed by atoms with Crippen molar-refractivity contribution in [3.05, 3.63) is 46.5 Å². The van der Waals surface area contributed by atoms with Crippen LogP contribution in [0.1, 0.15) is 17.3 Å². The van der Waals surface area contributed by atoms with Gasteiger partial charge in [-0.1, -0.05) is 0 Å². The Hall–Kier alpha value is -3.30. The lowest BCUT2D eigenvalue weighted by Gasteiger charge is -2.10. The Balaban J connectivity index is 2.17. The summed E-state index contributed by atoms with van der Waals surface area (Å²) < 4.78 is 0. The van der Waals surface area contributed by atoms with Crippen LogP contribution in [0.15, 0.2) is 30.9 Å². The summed E-state index contributed by atoms with van der Waals surface area (Å²) in [5, 5.41) is 13.9. The monoisotopic (exact) mass is 303 g/mol. The molecule has 0 aromatic carbocycles. The van der Waals surface area contributed by atoms with E-state index in [0.29, 0.717) is 12.1 Å². The third-order valence-corrected chi connectivity index (χ3v) is 2.59. The first-order chi connectivity index (χ1) is 10.6. The van der Waals surface area contributed by atoms with Crippen LogP contribution in [0.25, 0.3) is 0 Å². The number of anilines is 2. The lowest BCUT2D eigenvalue weighted by Crippen LogP contribution is -2.30. The second-order valence-electron chi connectivity index (χ2n) is 4.02. The highest BCUT2D eigenvalue weighted by Gasteiger charge is 2.22. The summed E-state index contributed by atoms with van der Waals surface area (Å²) in [5.41, 5.74) is 4.78. The van der Waals surface area contributed by atoms with Crippen molar-refractivity contribution in [1.29, 1.82) is 0 Å². The van der Waals surface area contributed by atoms with Gasteiger partial charge in [-0.15, -0.1) is 0 Å². The molecule has 0 bridgehead atoms. The Morgan fingerprint density at radius 3 is 2.59 bits per heavy atom. The molecular weight excluding hydrogens is 290 g/mol. The van der Waals surface area contributed by atoms with Gasteiger partial charge in [0, 0.05) is 24.5 Å². The molecule has 2 aromatic heterocycles. The number of pyridine rings is 1. The molecule has 0 aliphatic heterocycles. The fourth-order valence-corrected chi connectivity index (χ4v) is 1.63. The zero-order chi connectivity index (χ0) is 15.9. The van der Waals surface area contributed by atoms with Gasteiger partial charge < -0.3 is 5.32 Å². The molecule has 0 aliphatic rings. The largest absolute Gasteiger partial charge is 0.364 e. The lowest BCUT2D eigenvalue weighted by molar-refractivity contribution is -0.383. The maximum atomic E-state index is 11.9. The van der Waals surface area contributed by atoms with Gasteiger partial charge in [0.15, 0.2) is 0 Å². The Morgan fingerprint density at radius 2 is 1.95 bits per heavy atom. The van der Waals surface area contributed by atoms with Crippen LogP contribution in [0, 0.1) is 10.1 Å². The van der Waals surface area contributed by atoms with E-state index in [1.54, 1.807) is 6.92 Å². The Bertz CT molecular complexity index is 678. The summed E-state index contributed by atoms with van der Waals surface area (Å²) in [5.74, 6) is -0.512. The van der Waals surface area contributed by atoms with Gasteiger partial charge in [0.1, 0.15) is 6.33 Å². The van der Waals surface area contributed by atoms with Gasteiger partial charge in [-0.3, -0.25) is 30.7 Å². The highest BCUT2D eigenvalue weighted by molar-refractivity contribution is 5.94. The minimum absolute atomic E-state index is 0.0724. The number of nitrogens with one attached hydrogen (secondary N) is 3. The number of hydrogen-bond donors (Lipinski definition) is 3. The molecule has 0 spiro atoms. The lowest BCUT2D eigenvalue weighted by atomic mass is 10.3. The van der Waals surface area contributed by atoms with E-state index in [1.807, 2.05) is 0 Å². The molecule has 0 unspecified atom stereocenters. The second-order valence-corrected chi connectivity index (χ2v) is 4.02. The van der Waals surface area contributed by atoms with Crippen LogP contribution in [0.2, 0.25) is 0 Å². The SMILES string of the molecule is CCNc1ncnc(NNC(=O)c2ccncc2)c1[N+](=O)[O-]. The molecule has 2 rings (SSSR count). The van der Waals surface area contributed by atoms with Crippen molar-refractivity contribution in [1.82, 2.24) is 20.4 Å². The molecule has 0 saturated heterocycles. The maximum absolute atomic E-state index is 11.9. The molecule has 0 radical (unpaired) electrons. The van der Waals surface area contributed by atoms with E-state index < -0.39 is 10.8 Å². The molecule has 0 fully saturated rings. The van der Waals surface area contributed by atoms with E-state index >= 15 is 0 Å². The van der Waals surface area contributed by atoms with Crippen LogP contribution >= 0.6 is 0 Å². The molecule has 0 saturated carbocycles. The molecule has 114 valence electrons. The Morgan fingerprint density at radius 1 is 1.27 bits per heavy atom. The van der Waals surface area contributed by atoms with Gasteiger partial charge in [-0.2, -0.15) is 0 Å². The third-order valence-electron chi connectivity index (χ3n) is 2.59. The molecular formula is C12H13N7O3. The highest BCUT2D eigenvalue weighted by atomic mass is 16.6. The van der Waals surface area contributed by atoms with Crippen LogP contribution in [-0.4, -0.2) is 32.3 Å². The summed E-state index contributed by atoms with van der Waals surface area (Å²) in [4.78, 5) is 33.8. The number of aromatic nitrogens is 3. The van der Waals surface area contributed by atoms with Gasteiger partial charge in [0.05, 0.1) is 4.92 Å². The van der Waals surface area contributed by atoms with E-state index in [1.165, 1.54) is 24.5 Å². The van der Waals surface area contributed by atoms with Crippen LogP contribution in [0.4, 0.5) is 17.3 Å². The van der Waals surface area contributed by atoms with Crippen molar-refractivity contribution in [3.63, 3.8) is 0 Å². The van der Waals surface area contributed by atoms with Crippen LogP contribution < -0.4 is 16.2 Å². The first-order valence-corrected chi connectivity index (χ1v) is 6.33. The number of carbonyl (C=O) groups excluding carboxylic acids is 1. The average molecular weight is 303 g/mol.